The Hall–Kier alpha value is -0.980. The fourth-order valence-electron chi connectivity index (χ4n) is 1.78. The number of sulfonamides is 1. The van der Waals surface area contributed by atoms with E-state index in [0.717, 1.165) is 29.3 Å². The van der Waals surface area contributed by atoms with Crippen molar-refractivity contribution in [3.63, 3.8) is 0 Å². The number of nitrogens with zero attached hydrogens (tertiary/aromatic N) is 1. The molecule has 0 heterocycles. The van der Waals surface area contributed by atoms with Crippen LogP contribution in [0, 0.1) is 11.7 Å². The molecule has 1 aromatic carbocycles. The lowest BCUT2D eigenvalue weighted by molar-refractivity contribution is 0.131. The first-order valence-corrected chi connectivity index (χ1v) is 7.25. The summed E-state index contributed by atoms with van der Waals surface area (Å²) in [5.74, 6) is -0.259. The van der Waals surface area contributed by atoms with E-state index in [4.69, 9.17) is 0 Å². The van der Waals surface area contributed by atoms with E-state index in [-0.39, 0.29) is 17.4 Å². The first-order valence-electron chi connectivity index (χ1n) is 5.81. The third-order valence-electron chi connectivity index (χ3n) is 3.13. The monoisotopic (exact) mass is 273 g/mol. The predicted octanol–water partition coefficient (Wildman–Crippen LogP) is 1.22. The van der Waals surface area contributed by atoms with Crippen LogP contribution < -0.4 is 0 Å². The molecule has 1 aliphatic carbocycles. The minimum atomic E-state index is -3.65. The molecule has 4 nitrogen and oxygen atoms in total. The van der Waals surface area contributed by atoms with Crippen molar-refractivity contribution in [1.29, 1.82) is 0 Å². The molecule has 0 radical (unpaired) electrons. The lowest BCUT2D eigenvalue weighted by Gasteiger charge is -2.20. The third-order valence-corrected chi connectivity index (χ3v) is 4.97. The van der Waals surface area contributed by atoms with Gasteiger partial charge in [-0.05, 0) is 43.0 Å². The van der Waals surface area contributed by atoms with Crippen LogP contribution in [0.3, 0.4) is 0 Å². The van der Waals surface area contributed by atoms with Gasteiger partial charge in [0.15, 0.2) is 0 Å². The van der Waals surface area contributed by atoms with Crippen LogP contribution in [0.2, 0.25) is 0 Å². The molecule has 1 atom stereocenters. The number of likely N-dealkylation sites (N-methyl/N-ethyl adjacent to an activating group) is 1. The number of benzene rings is 1. The maximum Gasteiger partial charge on any atom is 0.242 e. The van der Waals surface area contributed by atoms with Crippen molar-refractivity contribution in [2.45, 2.75) is 23.8 Å². The number of rotatable bonds is 5. The summed E-state index contributed by atoms with van der Waals surface area (Å²) in [6, 6.07) is 4.67. The summed E-state index contributed by atoms with van der Waals surface area (Å²) >= 11 is 0. The van der Waals surface area contributed by atoms with Crippen LogP contribution in [0.1, 0.15) is 12.8 Å². The fraction of sp³-hybridized carbons (Fsp3) is 0.500. The first-order chi connectivity index (χ1) is 8.41. The van der Waals surface area contributed by atoms with Crippen molar-refractivity contribution in [2.75, 3.05) is 13.6 Å². The van der Waals surface area contributed by atoms with Crippen molar-refractivity contribution in [2.24, 2.45) is 5.92 Å². The average Bonchev–Trinajstić information content (AvgIpc) is 3.13. The molecule has 0 aromatic heterocycles. The second-order valence-electron chi connectivity index (χ2n) is 4.64. The molecule has 18 heavy (non-hydrogen) atoms. The molecule has 0 spiro atoms. The Morgan fingerprint density at radius 2 is 1.94 bits per heavy atom. The van der Waals surface area contributed by atoms with Crippen LogP contribution in [0.25, 0.3) is 0 Å². The Bertz CT molecular complexity index is 511. The van der Waals surface area contributed by atoms with Gasteiger partial charge >= 0.3 is 0 Å². The van der Waals surface area contributed by atoms with E-state index >= 15 is 0 Å². The van der Waals surface area contributed by atoms with Gasteiger partial charge in [0.25, 0.3) is 0 Å². The number of hydrogen-bond acceptors (Lipinski definition) is 3. The molecule has 6 heteroatoms. The van der Waals surface area contributed by atoms with Crippen LogP contribution in [-0.2, 0) is 10.0 Å². The molecule has 2 rings (SSSR count). The van der Waals surface area contributed by atoms with Gasteiger partial charge in [0, 0.05) is 13.6 Å². The number of halogens is 1. The molecule has 1 aliphatic rings. The highest BCUT2D eigenvalue weighted by Gasteiger charge is 2.33. The Labute approximate surface area is 106 Å². The van der Waals surface area contributed by atoms with E-state index < -0.39 is 21.9 Å². The number of aliphatic hydroxyl groups is 1. The Morgan fingerprint density at radius 1 is 1.39 bits per heavy atom. The average molecular weight is 273 g/mol. The lowest BCUT2D eigenvalue weighted by Crippen LogP contribution is -2.35. The summed E-state index contributed by atoms with van der Waals surface area (Å²) in [7, 11) is -2.23. The van der Waals surface area contributed by atoms with E-state index in [1.54, 1.807) is 0 Å². The highest BCUT2D eigenvalue weighted by molar-refractivity contribution is 7.89. The quantitative estimate of drug-likeness (QED) is 0.877. The summed E-state index contributed by atoms with van der Waals surface area (Å²) in [5, 5.41) is 9.75. The Balaban J connectivity index is 2.11. The molecule has 100 valence electrons. The molecule has 0 saturated heterocycles. The summed E-state index contributed by atoms with van der Waals surface area (Å²) < 4.78 is 38.1. The minimum Gasteiger partial charge on any atom is -0.391 e. The normalized spacial score (nSPS) is 18.0. The fourth-order valence-corrected chi connectivity index (χ4v) is 2.97. The maximum absolute atomic E-state index is 12.8. The van der Waals surface area contributed by atoms with E-state index in [2.05, 4.69) is 0 Å². The first kappa shape index (κ1) is 13.5. The SMILES string of the molecule is CN(CC(O)C1CC1)S(=O)(=O)c1ccc(F)cc1. The third kappa shape index (κ3) is 2.88. The zero-order valence-corrected chi connectivity index (χ0v) is 10.9. The molecule has 1 saturated carbocycles. The topological polar surface area (TPSA) is 57.6 Å². The van der Waals surface area contributed by atoms with Crippen molar-refractivity contribution in [1.82, 2.24) is 4.31 Å². The Kier molecular flexibility index (Phi) is 3.70. The Morgan fingerprint density at radius 3 is 2.44 bits per heavy atom. The van der Waals surface area contributed by atoms with Gasteiger partial charge in [-0.15, -0.1) is 0 Å². The van der Waals surface area contributed by atoms with Gasteiger partial charge in [0.05, 0.1) is 11.0 Å². The van der Waals surface area contributed by atoms with Crippen LogP contribution >= 0.6 is 0 Å². The zero-order chi connectivity index (χ0) is 13.3. The van der Waals surface area contributed by atoms with Crippen molar-refractivity contribution in [3.05, 3.63) is 30.1 Å². The lowest BCUT2D eigenvalue weighted by atomic mass is 10.2. The van der Waals surface area contributed by atoms with Crippen molar-refractivity contribution < 1.29 is 17.9 Å². The second kappa shape index (κ2) is 4.95. The van der Waals surface area contributed by atoms with E-state index in [0.29, 0.717) is 0 Å². The van der Waals surface area contributed by atoms with Gasteiger partial charge in [-0.1, -0.05) is 0 Å². The summed E-state index contributed by atoms with van der Waals surface area (Å²) in [4.78, 5) is 0.0365. The molecule has 1 unspecified atom stereocenters. The highest BCUT2D eigenvalue weighted by atomic mass is 32.2. The van der Waals surface area contributed by atoms with Gasteiger partial charge < -0.3 is 5.11 Å². The number of aliphatic hydroxyl groups excluding tert-OH is 1. The van der Waals surface area contributed by atoms with Gasteiger partial charge in [-0.3, -0.25) is 0 Å². The minimum absolute atomic E-state index is 0.0365. The maximum atomic E-state index is 12.8. The smallest absolute Gasteiger partial charge is 0.242 e. The van der Waals surface area contributed by atoms with Gasteiger partial charge in [0.2, 0.25) is 10.0 Å². The largest absolute Gasteiger partial charge is 0.391 e. The van der Waals surface area contributed by atoms with Gasteiger partial charge in [-0.25, -0.2) is 12.8 Å². The molecule has 0 amide bonds. The van der Waals surface area contributed by atoms with E-state index in [9.17, 15) is 17.9 Å². The summed E-state index contributed by atoms with van der Waals surface area (Å²) in [6.45, 7) is 0.0738. The van der Waals surface area contributed by atoms with Crippen LogP contribution in [0.5, 0.6) is 0 Å². The molecular formula is C12H16FNO3S. The van der Waals surface area contributed by atoms with Crippen molar-refractivity contribution >= 4 is 10.0 Å². The summed E-state index contributed by atoms with van der Waals surface area (Å²) in [5.41, 5.74) is 0. The summed E-state index contributed by atoms with van der Waals surface area (Å²) in [6.07, 6.45) is 1.28. The molecule has 1 aromatic rings. The zero-order valence-electron chi connectivity index (χ0n) is 10.1. The van der Waals surface area contributed by atoms with Crippen LogP contribution in [0.15, 0.2) is 29.2 Å². The standard InChI is InChI=1S/C12H16FNO3S/c1-14(8-12(15)9-2-3-9)18(16,17)11-6-4-10(13)5-7-11/h4-7,9,12,15H,2-3,8H2,1H3. The van der Waals surface area contributed by atoms with E-state index in [1.807, 2.05) is 0 Å². The molecular weight excluding hydrogens is 257 g/mol. The molecule has 0 bridgehead atoms. The van der Waals surface area contributed by atoms with Gasteiger partial charge in [0.1, 0.15) is 5.82 Å². The van der Waals surface area contributed by atoms with Crippen LogP contribution in [-0.4, -0.2) is 37.5 Å². The van der Waals surface area contributed by atoms with Crippen LogP contribution in [0.4, 0.5) is 4.39 Å². The van der Waals surface area contributed by atoms with Crippen molar-refractivity contribution in [3.8, 4) is 0 Å². The molecule has 1 N–H and O–H groups in total. The highest BCUT2D eigenvalue weighted by Crippen LogP contribution is 2.33. The van der Waals surface area contributed by atoms with E-state index in [1.165, 1.54) is 19.2 Å². The molecule has 1 fully saturated rings. The van der Waals surface area contributed by atoms with Gasteiger partial charge in [-0.2, -0.15) is 4.31 Å². The predicted molar refractivity (Wildman–Crippen MR) is 64.9 cm³/mol. The number of hydrogen-bond donors (Lipinski definition) is 1. The molecule has 0 aliphatic heterocycles. The second-order valence-corrected chi connectivity index (χ2v) is 6.69.